The zero-order chi connectivity index (χ0) is 23.5. The third-order valence-corrected chi connectivity index (χ3v) is 5.81. The molecule has 0 fully saturated rings. The van der Waals surface area contributed by atoms with Gasteiger partial charge in [-0.1, -0.05) is 66.2 Å². The zero-order valence-electron chi connectivity index (χ0n) is 18.4. The molecule has 0 spiro atoms. The first-order chi connectivity index (χ1) is 16.6. The molecule has 0 radical (unpaired) electrons. The van der Waals surface area contributed by atoms with E-state index < -0.39 is 0 Å². The minimum absolute atomic E-state index is 0.219. The number of aromatic amines is 1. The third kappa shape index (κ3) is 4.36. The van der Waals surface area contributed by atoms with Gasteiger partial charge in [-0.3, -0.25) is 9.89 Å². The molecular weight excluding hydrogens is 448 g/mol. The highest BCUT2D eigenvalue weighted by Gasteiger charge is 2.20. The van der Waals surface area contributed by atoms with Gasteiger partial charge in [0.2, 0.25) is 0 Å². The van der Waals surface area contributed by atoms with E-state index in [1.54, 1.807) is 19.2 Å². The van der Waals surface area contributed by atoms with Crippen LogP contribution in [0.2, 0.25) is 5.02 Å². The topological polar surface area (TPSA) is 79.9 Å². The Hall–Kier alpha value is -4.16. The number of rotatable bonds is 6. The number of fused-ring (bicyclic) bond motifs is 1. The van der Waals surface area contributed by atoms with Crippen LogP contribution in [-0.4, -0.2) is 28.2 Å². The lowest BCUT2D eigenvalue weighted by molar-refractivity contribution is 0.0952. The van der Waals surface area contributed by atoms with Gasteiger partial charge >= 0.3 is 0 Å². The van der Waals surface area contributed by atoms with Gasteiger partial charge in [-0.05, 0) is 35.9 Å². The molecule has 0 aliphatic rings. The van der Waals surface area contributed by atoms with Gasteiger partial charge in [0.1, 0.15) is 5.75 Å². The van der Waals surface area contributed by atoms with Crippen LogP contribution in [0.25, 0.3) is 33.5 Å². The normalized spacial score (nSPS) is 10.9. The summed E-state index contributed by atoms with van der Waals surface area (Å²) in [6.07, 6.45) is 0. The second-order valence-electron chi connectivity index (χ2n) is 7.76. The summed E-state index contributed by atoms with van der Waals surface area (Å²) in [5, 5.41) is 11.8. The summed E-state index contributed by atoms with van der Waals surface area (Å²) in [5.74, 6) is 0.522. The smallest absolute Gasteiger partial charge is 0.252 e. The molecule has 0 saturated heterocycles. The fourth-order valence-corrected chi connectivity index (χ4v) is 3.97. The first-order valence-electron chi connectivity index (χ1n) is 10.7. The van der Waals surface area contributed by atoms with Crippen molar-refractivity contribution in [2.75, 3.05) is 7.11 Å². The van der Waals surface area contributed by atoms with Crippen LogP contribution in [0.3, 0.4) is 0 Å². The van der Waals surface area contributed by atoms with Crippen LogP contribution in [0.5, 0.6) is 5.75 Å². The second-order valence-corrected chi connectivity index (χ2v) is 8.20. The molecule has 5 rings (SSSR count). The molecule has 34 heavy (non-hydrogen) atoms. The predicted molar refractivity (Wildman–Crippen MR) is 134 cm³/mol. The second kappa shape index (κ2) is 9.37. The summed E-state index contributed by atoms with van der Waals surface area (Å²) in [4.78, 5) is 18.2. The van der Waals surface area contributed by atoms with Crippen LogP contribution in [0.15, 0.2) is 84.9 Å². The van der Waals surface area contributed by atoms with Gasteiger partial charge < -0.3 is 10.1 Å². The van der Waals surface area contributed by atoms with Crippen molar-refractivity contribution in [3.05, 3.63) is 101 Å². The van der Waals surface area contributed by atoms with Crippen LogP contribution in [-0.2, 0) is 6.54 Å². The molecule has 0 bridgehead atoms. The first kappa shape index (κ1) is 21.7. The number of aromatic nitrogens is 3. The van der Waals surface area contributed by atoms with Crippen LogP contribution in [0.1, 0.15) is 15.9 Å². The molecule has 5 aromatic rings. The third-order valence-electron chi connectivity index (χ3n) is 5.56. The van der Waals surface area contributed by atoms with Crippen LogP contribution in [0, 0.1) is 0 Å². The monoisotopic (exact) mass is 468 g/mol. The fraction of sp³-hybridized carbons (Fsp3) is 0.0741. The van der Waals surface area contributed by atoms with E-state index in [1.165, 1.54) is 0 Å². The van der Waals surface area contributed by atoms with Gasteiger partial charge in [0, 0.05) is 22.7 Å². The Kier molecular flexibility index (Phi) is 5.97. The molecule has 2 heterocycles. The summed E-state index contributed by atoms with van der Waals surface area (Å²) < 4.78 is 5.29. The Morgan fingerprint density at radius 2 is 1.76 bits per heavy atom. The molecule has 2 aromatic heterocycles. The number of nitrogens with one attached hydrogen (secondary N) is 2. The Balaban J connectivity index is 1.58. The van der Waals surface area contributed by atoms with E-state index in [0.717, 1.165) is 22.4 Å². The molecule has 6 nitrogen and oxygen atoms in total. The van der Waals surface area contributed by atoms with E-state index in [0.29, 0.717) is 39.6 Å². The van der Waals surface area contributed by atoms with Gasteiger partial charge in [0.15, 0.2) is 5.65 Å². The lowest BCUT2D eigenvalue weighted by atomic mass is 10.0. The molecule has 1 amide bonds. The summed E-state index contributed by atoms with van der Waals surface area (Å²) in [6, 6.07) is 26.5. The first-order valence-corrected chi connectivity index (χ1v) is 11.1. The average Bonchev–Trinajstić information content (AvgIpc) is 3.32. The summed E-state index contributed by atoms with van der Waals surface area (Å²) in [5.41, 5.74) is 5.05. The molecule has 0 atom stereocenters. The number of carbonyl (C=O) groups is 1. The fourth-order valence-electron chi connectivity index (χ4n) is 3.85. The van der Waals surface area contributed by atoms with Crippen molar-refractivity contribution in [2.24, 2.45) is 0 Å². The molecule has 2 N–H and O–H groups in total. The van der Waals surface area contributed by atoms with Crippen molar-refractivity contribution in [3.63, 3.8) is 0 Å². The van der Waals surface area contributed by atoms with Crippen molar-refractivity contribution in [1.82, 2.24) is 20.5 Å². The van der Waals surface area contributed by atoms with E-state index in [9.17, 15) is 4.79 Å². The maximum atomic E-state index is 13.5. The largest absolute Gasteiger partial charge is 0.497 e. The number of amides is 1. The highest BCUT2D eigenvalue weighted by atomic mass is 35.5. The van der Waals surface area contributed by atoms with Crippen LogP contribution >= 0.6 is 11.6 Å². The number of halogens is 1. The maximum absolute atomic E-state index is 13.5. The van der Waals surface area contributed by atoms with Crippen LogP contribution < -0.4 is 10.1 Å². The number of benzene rings is 3. The predicted octanol–water partition coefficient (Wildman–Crippen LogP) is 5.88. The van der Waals surface area contributed by atoms with E-state index >= 15 is 0 Å². The molecule has 0 saturated carbocycles. The van der Waals surface area contributed by atoms with Gasteiger partial charge in [0.25, 0.3) is 5.91 Å². The summed E-state index contributed by atoms with van der Waals surface area (Å²) in [7, 11) is 1.62. The number of H-pyrrole nitrogens is 1. The lowest BCUT2D eigenvalue weighted by Gasteiger charge is -2.10. The average molecular weight is 469 g/mol. The number of hydrogen-bond acceptors (Lipinski definition) is 4. The summed E-state index contributed by atoms with van der Waals surface area (Å²) in [6.45, 7) is 0.356. The van der Waals surface area contributed by atoms with Crippen LogP contribution in [0.4, 0.5) is 0 Å². The number of nitrogens with zero attached hydrogens (tertiary/aromatic N) is 2. The van der Waals surface area contributed by atoms with Crippen molar-refractivity contribution in [2.45, 2.75) is 6.54 Å². The van der Waals surface area contributed by atoms with Gasteiger partial charge in [0.05, 0.1) is 29.4 Å². The quantitative estimate of drug-likeness (QED) is 0.326. The minimum Gasteiger partial charge on any atom is -0.497 e. The molecule has 7 heteroatoms. The molecular formula is C27H21ClN4O2. The zero-order valence-corrected chi connectivity index (χ0v) is 19.1. The SMILES string of the molecule is COc1cccc(CNC(=O)c2cc(-c3ccccc3)nc3n[nH]c(-c4ccc(Cl)cc4)c23)c1. The van der Waals surface area contributed by atoms with Crippen molar-refractivity contribution < 1.29 is 9.53 Å². The molecule has 0 aliphatic carbocycles. The highest BCUT2D eigenvalue weighted by molar-refractivity contribution is 6.30. The van der Waals surface area contributed by atoms with E-state index in [2.05, 4.69) is 15.5 Å². The molecule has 168 valence electrons. The van der Waals surface area contributed by atoms with E-state index in [4.69, 9.17) is 21.3 Å². The summed E-state index contributed by atoms with van der Waals surface area (Å²) >= 11 is 6.07. The lowest BCUT2D eigenvalue weighted by Crippen LogP contribution is -2.23. The van der Waals surface area contributed by atoms with Crippen molar-refractivity contribution in [1.29, 1.82) is 0 Å². The molecule has 3 aromatic carbocycles. The number of hydrogen-bond donors (Lipinski definition) is 2. The molecule has 0 unspecified atom stereocenters. The van der Waals surface area contributed by atoms with Gasteiger partial charge in [-0.2, -0.15) is 5.10 Å². The Bertz CT molecular complexity index is 1460. The van der Waals surface area contributed by atoms with E-state index in [-0.39, 0.29) is 5.91 Å². The van der Waals surface area contributed by atoms with Crippen molar-refractivity contribution in [3.8, 4) is 28.3 Å². The Morgan fingerprint density at radius 1 is 0.971 bits per heavy atom. The van der Waals surface area contributed by atoms with Gasteiger partial charge in [-0.15, -0.1) is 0 Å². The van der Waals surface area contributed by atoms with E-state index in [1.807, 2.05) is 72.8 Å². The number of carbonyl (C=O) groups excluding carboxylic acids is 1. The number of pyridine rings is 1. The Morgan fingerprint density at radius 3 is 2.53 bits per heavy atom. The maximum Gasteiger partial charge on any atom is 0.252 e. The number of ether oxygens (including phenoxy) is 1. The Labute approximate surface area is 201 Å². The van der Waals surface area contributed by atoms with Crippen molar-refractivity contribution >= 4 is 28.5 Å². The molecule has 0 aliphatic heterocycles. The number of methoxy groups -OCH3 is 1. The minimum atomic E-state index is -0.219. The standard InChI is InChI=1S/C27H21ClN4O2/c1-34-21-9-5-6-17(14-21)16-29-27(33)22-15-23(18-7-3-2-4-8-18)30-26-24(22)25(31-32-26)19-10-12-20(28)13-11-19/h2-15H,16H2,1H3,(H,29,33)(H,30,31,32). The highest BCUT2D eigenvalue weighted by Crippen LogP contribution is 2.32. The van der Waals surface area contributed by atoms with Gasteiger partial charge in [-0.25, -0.2) is 4.98 Å².